The highest BCUT2D eigenvalue weighted by Gasteiger charge is 2.19. The Labute approximate surface area is 201 Å². The summed E-state index contributed by atoms with van der Waals surface area (Å²) in [6.45, 7) is 9.07. The molecule has 1 aliphatic rings. The number of carbonyl (C=O) groups is 2. The van der Waals surface area contributed by atoms with Crippen molar-refractivity contribution in [2.24, 2.45) is 9.98 Å². The smallest absolute Gasteiger partial charge is 0.248 e. The number of ether oxygens (including phenoxy) is 1. The Kier molecular flexibility index (Phi) is 11.6. The zero-order valence-corrected chi connectivity index (χ0v) is 20.1. The highest BCUT2D eigenvalue weighted by Crippen LogP contribution is 2.20. The number of hydrogen-bond acceptors (Lipinski definition) is 6. The van der Waals surface area contributed by atoms with Crippen molar-refractivity contribution < 1.29 is 19.5 Å². The monoisotopic (exact) mass is 472 g/mol. The van der Waals surface area contributed by atoms with Crippen LogP contribution in [0.4, 0.5) is 5.69 Å². The van der Waals surface area contributed by atoms with Crippen molar-refractivity contribution >= 4 is 30.2 Å². The number of aliphatic imine (C=N–C) groups is 2. The van der Waals surface area contributed by atoms with E-state index in [1.807, 2.05) is 12.1 Å². The van der Waals surface area contributed by atoms with Crippen LogP contribution in [0.25, 0.3) is 0 Å². The molecular formula is C24H36N6O4. The number of hydrogen-bond donors (Lipinski definition) is 3. The maximum absolute atomic E-state index is 12.3. The molecule has 1 aliphatic heterocycles. The van der Waals surface area contributed by atoms with Crippen LogP contribution in [0.5, 0.6) is 5.75 Å². The molecule has 186 valence electrons. The number of amides is 2. The summed E-state index contributed by atoms with van der Waals surface area (Å²) < 4.78 is 5.22. The molecule has 0 bridgehead atoms. The lowest BCUT2D eigenvalue weighted by Gasteiger charge is -2.36. The zero-order valence-electron chi connectivity index (χ0n) is 20.1. The molecule has 1 aromatic carbocycles. The molecule has 1 saturated heterocycles. The quantitative estimate of drug-likeness (QED) is 0.114. The number of hydroxylamine groups is 1. The van der Waals surface area contributed by atoms with E-state index >= 15 is 0 Å². The van der Waals surface area contributed by atoms with Gasteiger partial charge in [-0.25, -0.2) is 15.5 Å². The van der Waals surface area contributed by atoms with Crippen LogP contribution in [0.1, 0.15) is 39.0 Å². The first-order valence-corrected chi connectivity index (χ1v) is 11.5. The lowest BCUT2D eigenvalue weighted by atomic mass is 10.1. The zero-order chi connectivity index (χ0) is 24.8. The third-order valence-corrected chi connectivity index (χ3v) is 5.61. The molecule has 34 heavy (non-hydrogen) atoms. The summed E-state index contributed by atoms with van der Waals surface area (Å²) in [6, 6.07) is 8.01. The van der Waals surface area contributed by atoms with Gasteiger partial charge in [-0.05, 0) is 50.7 Å². The summed E-state index contributed by atoms with van der Waals surface area (Å²) in [5, 5.41) is 11.3. The first-order chi connectivity index (χ1) is 16.5. The number of benzene rings is 1. The summed E-state index contributed by atoms with van der Waals surface area (Å²) in [5.41, 5.74) is 3.26. The van der Waals surface area contributed by atoms with Crippen molar-refractivity contribution in [2.45, 2.75) is 39.0 Å². The minimum Gasteiger partial charge on any atom is -0.497 e. The van der Waals surface area contributed by atoms with Crippen molar-refractivity contribution in [3.63, 3.8) is 0 Å². The molecule has 2 rings (SSSR count). The Hall–Kier alpha value is -3.40. The van der Waals surface area contributed by atoms with E-state index in [0.717, 1.165) is 56.9 Å². The number of nitrogens with one attached hydrogen (secondary N) is 2. The van der Waals surface area contributed by atoms with E-state index < -0.39 is 0 Å². The van der Waals surface area contributed by atoms with Crippen LogP contribution in [0.15, 0.2) is 46.0 Å². The van der Waals surface area contributed by atoms with E-state index in [4.69, 9.17) is 9.94 Å². The molecule has 3 N–H and O–H groups in total. The number of piperazine rings is 1. The van der Waals surface area contributed by atoms with Gasteiger partial charge in [0.25, 0.3) is 0 Å². The van der Waals surface area contributed by atoms with E-state index in [1.165, 1.54) is 6.20 Å². The molecule has 0 aromatic heterocycles. The number of guanidine groups is 1. The van der Waals surface area contributed by atoms with Crippen molar-refractivity contribution in [3.8, 4) is 5.75 Å². The second-order valence-corrected chi connectivity index (χ2v) is 8.03. The Bertz CT molecular complexity index is 861. The van der Waals surface area contributed by atoms with Gasteiger partial charge in [-0.2, -0.15) is 0 Å². The van der Waals surface area contributed by atoms with Gasteiger partial charge in [0.15, 0.2) is 0 Å². The number of rotatable bonds is 11. The highest BCUT2D eigenvalue weighted by atomic mass is 16.5. The maximum Gasteiger partial charge on any atom is 0.248 e. The molecule has 10 nitrogen and oxygen atoms in total. The predicted molar refractivity (Wildman–Crippen MR) is 134 cm³/mol. The summed E-state index contributed by atoms with van der Waals surface area (Å²) >= 11 is 0. The first kappa shape index (κ1) is 26.8. The first-order valence-electron chi connectivity index (χ1n) is 11.5. The number of nitrogens with zero attached hydrogens (tertiary/aromatic N) is 4. The van der Waals surface area contributed by atoms with Crippen molar-refractivity contribution in [1.82, 2.24) is 15.7 Å². The third kappa shape index (κ3) is 8.86. The van der Waals surface area contributed by atoms with Crippen molar-refractivity contribution in [3.05, 3.63) is 36.0 Å². The van der Waals surface area contributed by atoms with E-state index in [0.29, 0.717) is 30.9 Å². The van der Waals surface area contributed by atoms with Crippen LogP contribution in [0, 0.1) is 0 Å². The average Bonchev–Trinajstić information content (AvgIpc) is 2.88. The summed E-state index contributed by atoms with van der Waals surface area (Å²) in [6.07, 6.45) is 5.12. The van der Waals surface area contributed by atoms with Crippen LogP contribution in [0.3, 0.4) is 0 Å². The third-order valence-electron chi connectivity index (χ3n) is 5.61. The van der Waals surface area contributed by atoms with Gasteiger partial charge in [-0.1, -0.05) is 12.8 Å². The van der Waals surface area contributed by atoms with E-state index in [-0.39, 0.29) is 11.8 Å². The van der Waals surface area contributed by atoms with Gasteiger partial charge < -0.3 is 19.9 Å². The van der Waals surface area contributed by atoms with Crippen LogP contribution in [-0.4, -0.2) is 74.4 Å². The minimum absolute atomic E-state index is 0.170. The molecule has 10 heteroatoms. The molecule has 1 aromatic rings. The molecule has 0 radical (unpaired) electrons. The number of methoxy groups -OCH3 is 1. The molecule has 2 amide bonds. The highest BCUT2D eigenvalue weighted by molar-refractivity contribution is 5.93. The second kappa shape index (κ2) is 14.7. The van der Waals surface area contributed by atoms with Gasteiger partial charge in [-0.3, -0.25) is 14.8 Å². The van der Waals surface area contributed by atoms with Gasteiger partial charge in [0.1, 0.15) is 5.75 Å². The van der Waals surface area contributed by atoms with E-state index in [1.54, 1.807) is 19.5 Å². The molecule has 0 unspecified atom stereocenters. The largest absolute Gasteiger partial charge is 0.497 e. The molecule has 1 fully saturated rings. The van der Waals surface area contributed by atoms with Gasteiger partial charge in [0, 0.05) is 56.6 Å². The number of unbranched alkanes of at least 4 members (excludes halogenated alkanes) is 3. The van der Waals surface area contributed by atoms with Crippen molar-refractivity contribution in [2.75, 3.05) is 44.7 Å². The lowest BCUT2D eigenvalue weighted by molar-refractivity contribution is -0.129. The number of carbonyl (C=O) groups excluding carboxylic acids is 2. The average molecular weight is 473 g/mol. The molecule has 0 atom stereocenters. The predicted octanol–water partition coefficient (Wildman–Crippen LogP) is 2.35. The van der Waals surface area contributed by atoms with Crippen LogP contribution < -0.4 is 20.4 Å². The fourth-order valence-corrected chi connectivity index (χ4v) is 3.55. The normalized spacial score (nSPS) is 14.6. The Morgan fingerprint density at radius 3 is 2.41 bits per heavy atom. The van der Waals surface area contributed by atoms with Gasteiger partial charge >= 0.3 is 0 Å². The van der Waals surface area contributed by atoms with E-state index in [9.17, 15) is 9.59 Å². The van der Waals surface area contributed by atoms with Gasteiger partial charge in [0.2, 0.25) is 17.8 Å². The standard InChI is InChI=1S/C24H36N6O4/c1-19(23(32)26-13-7-5-4-6-8-22(31)28-33)18-27-24(25-2)30-16-14-29(15-17-30)20-9-11-21(34-3)12-10-20/h9-12,18,33H,2,4-8,13-17H2,1,3H3,(H,26,32)(H,28,31)/b19-18+,27-24?. The molecule has 0 aliphatic carbocycles. The van der Waals surface area contributed by atoms with Crippen LogP contribution in [-0.2, 0) is 9.59 Å². The Morgan fingerprint density at radius 1 is 1.12 bits per heavy atom. The molecule has 0 saturated carbocycles. The van der Waals surface area contributed by atoms with Crippen LogP contribution in [0.2, 0.25) is 0 Å². The lowest BCUT2D eigenvalue weighted by Crippen LogP contribution is -2.48. The Morgan fingerprint density at radius 2 is 1.79 bits per heavy atom. The topological polar surface area (TPSA) is 119 Å². The maximum atomic E-state index is 12.3. The van der Waals surface area contributed by atoms with Crippen LogP contribution >= 0.6 is 0 Å². The number of anilines is 1. The van der Waals surface area contributed by atoms with Gasteiger partial charge in [0.05, 0.1) is 7.11 Å². The summed E-state index contributed by atoms with van der Waals surface area (Å²) in [7, 11) is 1.66. The molecule has 0 spiro atoms. The van der Waals surface area contributed by atoms with Gasteiger partial charge in [-0.15, -0.1) is 0 Å². The van der Waals surface area contributed by atoms with E-state index in [2.05, 4.69) is 44.0 Å². The Balaban J connectivity index is 1.75. The molecular weight excluding hydrogens is 436 g/mol. The van der Waals surface area contributed by atoms with Crippen molar-refractivity contribution in [1.29, 1.82) is 0 Å². The second-order valence-electron chi connectivity index (χ2n) is 8.03. The summed E-state index contributed by atoms with van der Waals surface area (Å²) in [5.74, 6) is 0.801. The SMILES string of the molecule is C=NC(=N/C=C(\C)C(=O)NCCCCCCC(=O)NO)N1CCN(c2ccc(OC)cc2)CC1. The fraction of sp³-hybridized carbons (Fsp3) is 0.500. The summed E-state index contributed by atoms with van der Waals surface area (Å²) in [4.78, 5) is 36.0. The molecule has 1 heterocycles. The minimum atomic E-state index is -0.373. The fourth-order valence-electron chi connectivity index (χ4n) is 3.55.